The molecule has 2 heterocycles. The van der Waals surface area contributed by atoms with Gasteiger partial charge in [0.05, 0.1) is 10.6 Å². The fraction of sp³-hybridized carbons (Fsp3) is 0.125. The first kappa shape index (κ1) is 15.1. The number of amides is 1. The van der Waals surface area contributed by atoms with Gasteiger partial charge in [-0.15, -0.1) is 0 Å². The maximum absolute atomic E-state index is 12.7. The Hall–Kier alpha value is -2.80. The molecule has 2 N–H and O–H groups in total. The summed E-state index contributed by atoms with van der Waals surface area (Å²) in [6, 6.07) is 8.88. The van der Waals surface area contributed by atoms with Crippen molar-refractivity contribution < 1.29 is 9.59 Å². The molecule has 0 saturated carbocycles. The normalized spacial score (nSPS) is 10.9. The molecule has 0 unspecified atom stereocenters. The molecule has 23 heavy (non-hydrogen) atoms. The van der Waals surface area contributed by atoms with Crippen molar-refractivity contribution in [3.8, 4) is 11.3 Å². The summed E-state index contributed by atoms with van der Waals surface area (Å²) in [5, 5.41) is 0. The molecule has 0 aliphatic heterocycles. The maximum atomic E-state index is 12.7. The molecule has 7 heteroatoms. The topological polar surface area (TPSA) is 94.5 Å². The van der Waals surface area contributed by atoms with Crippen LogP contribution in [0.1, 0.15) is 32.6 Å². The molecule has 0 radical (unpaired) electrons. The summed E-state index contributed by atoms with van der Waals surface area (Å²) in [6.45, 7) is 3.08. The quantitative estimate of drug-likeness (QED) is 0.745. The molecule has 1 aromatic carbocycles. The van der Waals surface area contributed by atoms with E-state index in [2.05, 4.69) is 4.98 Å². The summed E-state index contributed by atoms with van der Waals surface area (Å²) in [5.41, 5.74) is 6.00. The lowest BCUT2D eigenvalue weighted by Gasteiger charge is -2.07. The fourth-order valence-corrected chi connectivity index (χ4v) is 3.50. The summed E-state index contributed by atoms with van der Waals surface area (Å²) in [7, 11) is 0. The zero-order chi connectivity index (χ0) is 16.7. The average molecular weight is 327 g/mol. The Bertz CT molecular complexity index is 1000. The monoisotopic (exact) mass is 327 g/mol. The second kappa shape index (κ2) is 5.44. The van der Waals surface area contributed by atoms with Crippen LogP contribution in [0.3, 0.4) is 0 Å². The number of Topliss-reactive ketones (excluding diaryl/α,β-unsaturated/α-hetero) is 1. The lowest BCUT2D eigenvalue weighted by Crippen LogP contribution is -2.28. The van der Waals surface area contributed by atoms with Gasteiger partial charge in [-0.05, 0) is 6.92 Å². The standard InChI is InChI=1S/C16H13N3O3S/c1-8-13(9(2)20)23-16-18-12(10-6-4-3-5-7-10)11(14(17)21)15(22)19(8)16/h3-7H,1-2H3,(H2,17,21). The van der Waals surface area contributed by atoms with Gasteiger partial charge in [0.25, 0.3) is 11.5 Å². The highest BCUT2D eigenvalue weighted by Crippen LogP contribution is 2.25. The number of aryl methyl sites for hydroxylation is 1. The smallest absolute Gasteiger partial charge is 0.272 e. The molecule has 0 aliphatic carbocycles. The fourth-order valence-electron chi connectivity index (χ4n) is 2.49. The molecule has 0 bridgehead atoms. The summed E-state index contributed by atoms with van der Waals surface area (Å²) in [6.07, 6.45) is 0. The largest absolute Gasteiger partial charge is 0.365 e. The first-order valence-electron chi connectivity index (χ1n) is 6.84. The van der Waals surface area contributed by atoms with Crippen LogP contribution in [-0.4, -0.2) is 21.1 Å². The highest BCUT2D eigenvalue weighted by molar-refractivity contribution is 7.19. The Balaban J connectivity index is 2.47. The van der Waals surface area contributed by atoms with E-state index >= 15 is 0 Å². The molecule has 0 saturated heterocycles. The molecule has 3 aromatic rings. The zero-order valence-electron chi connectivity index (χ0n) is 12.5. The van der Waals surface area contributed by atoms with E-state index in [-0.39, 0.29) is 17.0 Å². The van der Waals surface area contributed by atoms with Gasteiger partial charge < -0.3 is 5.73 Å². The molecule has 2 aromatic heterocycles. The van der Waals surface area contributed by atoms with Gasteiger partial charge in [0, 0.05) is 18.2 Å². The first-order valence-corrected chi connectivity index (χ1v) is 7.65. The highest BCUT2D eigenvalue weighted by Gasteiger charge is 2.23. The van der Waals surface area contributed by atoms with Gasteiger partial charge in [-0.1, -0.05) is 41.7 Å². The number of carbonyl (C=O) groups excluding carboxylic acids is 2. The van der Waals surface area contributed by atoms with Gasteiger partial charge >= 0.3 is 0 Å². The molecule has 116 valence electrons. The summed E-state index contributed by atoms with van der Waals surface area (Å²) < 4.78 is 1.27. The second-order valence-electron chi connectivity index (χ2n) is 5.06. The Morgan fingerprint density at radius 3 is 2.43 bits per heavy atom. The molecule has 6 nitrogen and oxygen atoms in total. The number of hydrogen-bond acceptors (Lipinski definition) is 5. The first-order chi connectivity index (χ1) is 10.9. The van der Waals surface area contributed by atoms with Crippen molar-refractivity contribution in [2.24, 2.45) is 5.73 Å². The molecular weight excluding hydrogens is 314 g/mol. The van der Waals surface area contributed by atoms with E-state index in [1.807, 2.05) is 6.07 Å². The summed E-state index contributed by atoms with van der Waals surface area (Å²) >= 11 is 1.13. The number of primary amides is 1. The minimum Gasteiger partial charge on any atom is -0.365 e. The predicted octanol–water partition coefficient (Wildman–Crippen LogP) is 2.03. The van der Waals surface area contributed by atoms with Gasteiger partial charge in [0.15, 0.2) is 10.7 Å². The second-order valence-corrected chi connectivity index (χ2v) is 6.04. The van der Waals surface area contributed by atoms with E-state index in [0.29, 0.717) is 21.1 Å². The number of rotatable bonds is 3. The Morgan fingerprint density at radius 2 is 1.87 bits per heavy atom. The number of aromatic nitrogens is 2. The Morgan fingerprint density at radius 1 is 1.22 bits per heavy atom. The third-order valence-corrected chi connectivity index (χ3v) is 4.77. The van der Waals surface area contributed by atoms with E-state index in [1.165, 1.54) is 11.3 Å². The number of thiazole rings is 1. The number of benzene rings is 1. The average Bonchev–Trinajstić information content (AvgIpc) is 2.85. The van der Waals surface area contributed by atoms with Gasteiger partial charge in [-0.25, -0.2) is 4.98 Å². The molecule has 1 amide bonds. The van der Waals surface area contributed by atoms with Crippen LogP contribution in [0, 0.1) is 6.92 Å². The van der Waals surface area contributed by atoms with E-state index < -0.39 is 11.5 Å². The van der Waals surface area contributed by atoms with E-state index in [1.54, 1.807) is 31.2 Å². The molecule has 0 atom stereocenters. The van der Waals surface area contributed by atoms with E-state index in [9.17, 15) is 14.4 Å². The lowest BCUT2D eigenvalue weighted by atomic mass is 10.1. The van der Waals surface area contributed by atoms with Crippen molar-refractivity contribution in [3.63, 3.8) is 0 Å². The molecule has 0 spiro atoms. The van der Waals surface area contributed by atoms with Crippen LogP contribution in [0.2, 0.25) is 0 Å². The number of fused-ring (bicyclic) bond motifs is 1. The highest BCUT2D eigenvalue weighted by atomic mass is 32.1. The van der Waals surface area contributed by atoms with Gasteiger partial charge in [-0.2, -0.15) is 0 Å². The minimum atomic E-state index is -0.842. The number of hydrogen-bond donors (Lipinski definition) is 1. The number of ketones is 1. The molecule has 0 aliphatic rings. The van der Waals surface area contributed by atoms with Crippen molar-refractivity contribution in [2.45, 2.75) is 13.8 Å². The van der Waals surface area contributed by atoms with Crippen LogP contribution in [0.25, 0.3) is 16.2 Å². The van der Waals surface area contributed by atoms with Crippen molar-refractivity contribution in [1.82, 2.24) is 9.38 Å². The van der Waals surface area contributed by atoms with Crippen LogP contribution >= 0.6 is 11.3 Å². The van der Waals surface area contributed by atoms with Gasteiger partial charge in [-0.3, -0.25) is 18.8 Å². The van der Waals surface area contributed by atoms with Crippen LogP contribution in [0.15, 0.2) is 35.1 Å². The van der Waals surface area contributed by atoms with Crippen molar-refractivity contribution in [2.75, 3.05) is 0 Å². The SMILES string of the molecule is CC(=O)c1sc2nc(-c3ccccc3)c(C(N)=O)c(=O)n2c1C. The molecular formula is C16H13N3O3S. The van der Waals surface area contributed by atoms with Crippen LogP contribution in [-0.2, 0) is 0 Å². The maximum Gasteiger partial charge on any atom is 0.272 e. The van der Waals surface area contributed by atoms with E-state index in [4.69, 9.17) is 5.73 Å². The molecule has 0 fully saturated rings. The summed E-state index contributed by atoms with van der Waals surface area (Å²) in [4.78, 5) is 41.5. The van der Waals surface area contributed by atoms with Crippen LogP contribution in [0.4, 0.5) is 0 Å². The van der Waals surface area contributed by atoms with Gasteiger partial charge in [0.2, 0.25) is 0 Å². The number of carbonyl (C=O) groups is 2. The number of nitrogens with zero attached hydrogens (tertiary/aromatic N) is 2. The van der Waals surface area contributed by atoms with Crippen molar-refractivity contribution in [3.05, 3.63) is 56.8 Å². The Kier molecular flexibility index (Phi) is 3.57. The zero-order valence-corrected chi connectivity index (χ0v) is 13.3. The third-order valence-electron chi connectivity index (χ3n) is 3.52. The molecule has 3 rings (SSSR count). The third kappa shape index (κ3) is 2.35. The summed E-state index contributed by atoms with van der Waals surface area (Å²) in [5.74, 6) is -0.995. The predicted molar refractivity (Wildman–Crippen MR) is 88.0 cm³/mol. The minimum absolute atomic E-state index is 0.153. The lowest BCUT2D eigenvalue weighted by molar-refractivity contribution is 0.0996. The van der Waals surface area contributed by atoms with Gasteiger partial charge in [0.1, 0.15) is 5.56 Å². The van der Waals surface area contributed by atoms with Crippen LogP contribution in [0.5, 0.6) is 0 Å². The van der Waals surface area contributed by atoms with Crippen LogP contribution < -0.4 is 11.3 Å². The van der Waals surface area contributed by atoms with E-state index in [0.717, 1.165) is 11.3 Å². The Labute approximate surface area is 135 Å². The number of nitrogens with two attached hydrogens (primary N) is 1. The van der Waals surface area contributed by atoms with Crippen molar-refractivity contribution >= 4 is 28.0 Å². The van der Waals surface area contributed by atoms with Crippen molar-refractivity contribution in [1.29, 1.82) is 0 Å².